The van der Waals surface area contributed by atoms with Crippen molar-refractivity contribution in [3.63, 3.8) is 0 Å². The first-order chi connectivity index (χ1) is 16.8. The molecule has 0 unspecified atom stereocenters. The number of ether oxygens (including phenoxy) is 1. The van der Waals surface area contributed by atoms with Crippen LogP contribution in [-0.2, 0) is 26.9 Å². The minimum atomic E-state index is -3.78. The molecule has 1 heterocycles. The van der Waals surface area contributed by atoms with Gasteiger partial charge in [0.05, 0.1) is 16.5 Å². The van der Waals surface area contributed by atoms with Crippen molar-refractivity contribution >= 4 is 22.0 Å². The van der Waals surface area contributed by atoms with Gasteiger partial charge in [0.15, 0.2) is 0 Å². The number of hydrogen-bond donors (Lipinski definition) is 2. The molecule has 3 aliphatic rings. The van der Waals surface area contributed by atoms with E-state index < -0.39 is 21.6 Å². The maximum absolute atomic E-state index is 13.5. The van der Waals surface area contributed by atoms with Crippen molar-refractivity contribution in [3.05, 3.63) is 59.7 Å². The third-order valence-electron chi connectivity index (χ3n) is 7.26. The molecule has 0 bridgehead atoms. The summed E-state index contributed by atoms with van der Waals surface area (Å²) < 4.78 is 36.0. The lowest BCUT2D eigenvalue weighted by Gasteiger charge is -2.31. The molecule has 35 heavy (non-hydrogen) atoms. The van der Waals surface area contributed by atoms with Crippen LogP contribution in [0.5, 0.6) is 5.75 Å². The smallest absolute Gasteiger partial charge is 0.324 e. The van der Waals surface area contributed by atoms with E-state index in [2.05, 4.69) is 10.0 Å². The van der Waals surface area contributed by atoms with Crippen LogP contribution >= 0.6 is 0 Å². The van der Waals surface area contributed by atoms with Gasteiger partial charge in [-0.2, -0.15) is 0 Å². The number of nitrogens with one attached hydrogen (secondary N) is 2. The highest BCUT2D eigenvalue weighted by Gasteiger charge is 2.39. The SMILES string of the molecule is O=C1CN(Cc2ccc(C3(NS(=O)(=O)c4cccc(OC5CCCC5)c4)CCCC3)cc2)C(=O)N1. The van der Waals surface area contributed by atoms with Gasteiger partial charge in [-0.1, -0.05) is 43.2 Å². The maximum atomic E-state index is 13.5. The number of rotatable bonds is 8. The lowest BCUT2D eigenvalue weighted by atomic mass is 9.89. The summed E-state index contributed by atoms with van der Waals surface area (Å²) in [7, 11) is -3.78. The Balaban J connectivity index is 1.33. The summed E-state index contributed by atoms with van der Waals surface area (Å²) in [6.45, 7) is 0.373. The van der Waals surface area contributed by atoms with Crippen LogP contribution < -0.4 is 14.8 Å². The van der Waals surface area contributed by atoms with Gasteiger partial charge in [-0.15, -0.1) is 0 Å². The van der Waals surface area contributed by atoms with E-state index in [0.29, 0.717) is 25.1 Å². The predicted octanol–water partition coefficient (Wildman–Crippen LogP) is 3.81. The Morgan fingerprint density at radius 3 is 2.37 bits per heavy atom. The van der Waals surface area contributed by atoms with Crippen LogP contribution in [0.2, 0.25) is 0 Å². The van der Waals surface area contributed by atoms with Crippen LogP contribution in [0.1, 0.15) is 62.5 Å². The first kappa shape index (κ1) is 23.8. The highest BCUT2D eigenvalue weighted by molar-refractivity contribution is 7.89. The molecule has 2 aliphatic carbocycles. The molecular formula is C26H31N3O5S. The minimum Gasteiger partial charge on any atom is -0.490 e. The van der Waals surface area contributed by atoms with Gasteiger partial charge in [0.1, 0.15) is 12.3 Å². The Morgan fingerprint density at radius 1 is 1.00 bits per heavy atom. The van der Waals surface area contributed by atoms with E-state index >= 15 is 0 Å². The Kier molecular flexibility index (Phi) is 6.55. The fourth-order valence-corrected chi connectivity index (χ4v) is 6.90. The molecule has 0 radical (unpaired) electrons. The van der Waals surface area contributed by atoms with Gasteiger partial charge in [0.25, 0.3) is 0 Å². The van der Waals surface area contributed by atoms with Gasteiger partial charge in [0, 0.05) is 12.6 Å². The van der Waals surface area contributed by atoms with Gasteiger partial charge >= 0.3 is 6.03 Å². The molecule has 1 aliphatic heterocycles. The van der Waals surface area contributed by atoms with Crippen molar-refractivity contribution in [2.24, 2.45) is 0 Å². The first-order valence-corrected chi connectivity index (χ1v) is 13.8. The van der Waals surface area contributed by atoms with Crippen molar-refractivity contribution in [2.45, 2.75) is 74.4 Å². The number of imide groups is 1. The average molecular weight is 498 g/mol. The molecule has 0 aromatic heterocycles. The van der Waals surface area contributed by atoms with Crippen LogP contribution in [0, 0.1) is 0 Å². The second-order valence-corrected chi connectivity index (χ2v) is 11.5. The summed E-state index contributed by atoms with van der Waals surface area (Å²) >= 11 is 0. The average Bonchev–Trinajstić information content (AvgIpc) is 3.58. The molecule has 3 amide bonds. The molecule has 2 N–H and O–H groups in total. The largest absolute Gasteiger partial charge is 0.490 e. The molecule has 2 aromatic rings. The fourth-order valence-electron chi connectivity index (χ4n) is 5.42. The van der Waals surface area contributed by atoms with E-state index in [9.17, 15) is 18.0 Å². The highest BCUT2D eigenvalue weighted by atomic mass is 32.2. The molecule has 5 rings (SSSR count). The summed E-state index contributed by atoms with van der Waals surface area (Å²) in [6, 6.07) is 14.0. The second kappa shape index (κ2) is 9.62. The molecule has 3 fully saturated rings. The van der Waals surface area contributed by atoms with Gasteiger partial charge in [-0.05, 0) is 61.8 Å². The molecule has 0 spiro atoms. The Labute approximate surface area is 206 Å². The summed E-state index contributed by atoms with van der Waals surface area (Å²) in [5, 5.41) is 2.28. The monoisotopic (exact) mass is 497 g/mol. The van der Waals surface area contributed by atoms with Crippen molar-refractivity contribution in [3.8, 4) is 5.75 Å². The number of urea groups is 1. The van der Waals surface area contributed by atoms with E-state index in [1.165, 1.54) is 4.90 Å². The molecular weight excluding hydrogens is 466 g/mol. The number of carbonyl (C=O) groups is 2. The van der Waals surface area contributed by atoms with Crippen molar-refractivity contribution in [1.82, 2.24) is 14.9 Å². The molecule has 9 heteroatoms. The molecule has 2 aromatic carbocycles. The van der Waals surface area contributed by atoms with Crippen LogP contribution in [0.15, 0.2) is 53.4 Å². The van der Waals surface area contributed by atoms with Crippen LogP contribution in [0.4, 0.5) is 4.79 Å². The first-order valence-electron chi connectivity index (χ1n) is 12.3. The molecule has 2 saturated carbocycles. The van der Waals surface area contributed by atoms with Gasteiger partial charge in [0.2, 0.25) is 15.9 Å². The summed E-state index contributed by atoms with van der Waals surface area (Å²) in [4.78, 5) is 24.9. The van der Waals surface area contributed by atoms with E-state index in [1.54, 1.807) is 18.2 Å². The van der Waals surface area contributed by atoms with Gasteiger partial charge in [-0.25, -0.2) is 17.9 Å². The molecule has 1 saturated heterocycles. The molecule has 186 valence electrons. The van der Waals surface area contributed by atoms with Crippen molar-refractivity contribution in [2.75, 3.05) is 6.54 Å². The summed E-state index contributed by atoms with van der Waals surface area (Å²) in [5.74, 6) is 0.290. The Bertz CT molecular complexity index is 1200. The van der Waals surface area contributed by atoms with Crippen LogP contribution in [0.3, 0.4) is 0 Å². The Hall–Kier alpha value is -2.91. The highest BCUT2D eigenvalue weighted by Crippen LogP contribution is 2.40. The number of carbonyl (C=O) groups excluding carboxylic acids is 2. The van der Waals surface area contributed by atoms with E-state index in [1.807, 2.05) is 30.3 Å². The summed E-state index contributed by atoms with van der Waals surface area (Å²) in [6.07, 6.45) is 7.77. The number of benzene rings is 2. The zero-order valence-electron chi connectivity index (χ0n) is 19.7. The third kappa shape index (κ3) is 5.21. The fraction of sp³-hybridized carbons (Fsp3) is 0.462. The number of hydrogen-bond acceptors (Lipinski definition) is 5. The van der Waals surface area contributed by atoms with E-state index in [4.69, 9.17) is 4.74 Å². The quantitative estimate of drug-likeness (QED) is 0.540. The number of nitrogens with zero attached hydrogens (tertiary/aromatic N) is 1. The van der Waals surface area contributed by atoms with Crippen molar-refractivity contribution in [1.29, 1.82) is 0 Å². The Morgan fingerprint density at radius 2 is 1.71 bits per heavy atom. The van der Waals surface area contributed by atoms with E-state index in [0.717, 1.165) is 49.7 Å². The lowest BCUT2D eigenvalue weighted by Crippen LogP contribution is -2.43. The minimum absolute atomic E-state index is 0.0495. The van der Waals surface area contributed by atoms with Crippen LogP contribution in [0.25, 0.3) is 0 Å². The normalized spacial score (nSPS) is 20.4. The summed E-state index contributed by atoms with van der Waals surface area (Å²) in [5.41, 5.74) is 1.11. The van der Waals surface area contributed by atoms with Gasteiger partial charge < -0.3 is 9.64 Å². The van der Waals surface area contributed by atoms with E-state index in [-0.39, 0.29) is 23.5 Å². The predicted molar refractivity (Wildman–Crippen MR) is 130 cm³/mol. The maximum Gasteiger partial charge on any atom is 0.324 e. The zero-order valence-corrected chi connectivity index (χ0v) is 20.5. The molecule has 0 atom stereocenters. The second-order valence-electron chi connectivity index (χ2n) is 9.80. The number of amides is 3. The molecule has 8 nitrogen and oxygen atoms in total. The lowest BCUT2D eigenvalue weighted by molar-refractivity contribution is -0.118. The third-order valence-corrected chi connectivity index (χ3v) is 8.79. The zero-order chi connectivity index (χ0) is 24.5. The standard InChI is InChI=1S/C26H31N3O5S/c30-24-18-29(25(31)27-24)17-19-10-12-20(13-11-19)26(14-3-4-15-26)28-35(32,33)23-9-5-8-22(16-23)34-21-6-1-2-7-21/h5,8-13,16,21,28H,1-4,6-7,14-15,17-18H2,(H,27,30,31). The van der Waals surface area contributed by atoms with Crippen molar-refractivity contribution < 1.29 is 22.7 Å². The van der Waals surface area contributed by atoms with Gasteiger partial charge in [-0.3, -0.25) is 10.1 Å². The van der Waals surface area contributed by atoms with Crippen LogP contribution in [-0.4, -0.2) is 37.9 Å². The number of sulfonamides is 1. The topological polar surface area (TPSA) is 105 Å².